The Balaban J connectivity index is 1.50. The monoisotopic (exact) mass is 613 g/mol. The zero-order chi connectivity index (χ0) is 25.6. The Bertz CT molecular complexity index is 1780. The molecule has 2 aromatic heterocycles. The second kappa shape index (κ2) is 9.51. The SMILES string of the molecule is COc1cc(/C=c2\sc3nc4cc(C)c(C)cc4n3c2=O)cc(I)c1OCc1cccc([N+](=O)[O-])c1. The Labute approximate surface area is 223 Å². The van der Waals surface area contributed by atoms with E-state index in [1.807, 2.05) is 38.1 Å². The first-order valence-electron chi connectivity index (χ1n) is 10.9. The first-order valence-corrected chi connectivity index (χ1v) is 12.8. The standard InChI is InChI=1S/C26H20IN3O5S/c1-14-7-20-21(8-15(14)2)29-25(31)23(36-26(29)28-20)12-17-10-19(27)24(22(11-17)34-3)35-13-16-5-4-6-18(9-16)30(32)33/h4-12H,13H2,1-3H3/b23-12-. The van der Waals surface area contributed by atoms with Crippen LogP contribution in [0.3, 0.4) is 0 Å². The van der Waals surface area contributed by atoms with Gasteiger partial charge in [0.05, 0.1) is 31.2 Å². The van der Waals surface area contributed by atoms with E-state index in [1.165, 1.54) is 23.5 Å². The van der Waals surface area contributed by atoms with Gasteiger partial charge in [-0.1, -0.05) is 23.5 Å². The summed E-state index contributed by atoms with van der Waals surface area (Å²) in [6, 6.07) is 14.0. The quantitative estimate of drug-likeness (QED) is 0.149. The van der Waals surface area contributed by atoms with Crippen LogP contribution in [-0.2, 0) is 6.61 Å². The number of aromatic nitrogens is 2. The molecule has 0 radical (unpaired) electrons. The van der Waals surface area contributed by atoms with Gasteiger partial charge in [-0.2, -0.15) is 0 Å². The van der Waals surface area contributed by atoms with Crippen molar-refractivity contribution in [3.05, 3.63) is 99.4 Å². The number of fused-ring (bicyclic) bond motifs is 3. The number of aryl methyl sites for hydroxylation is 2. The van der Waals surface area contributed by atoms with Gasteiger partial charge in [0.2, 0.25) is 0 Å². The van der Waals surface area contributed by atoms with Gasteiger partial charge in [0.1, 0.15) is 6.61 Å². The van der Waals surface area contributed by atoms with Crippen molar-refractivity contribution in [3.63, 3.8) is 0 Å². The second-order valence-electron chi connectivity index (χ2n) is 8.32. The Kier molecular flexibility index (Phi) is 6.39. The molecule has 0 aliphatic rings. The minimum Gasteiger partial charge on any atom is -0.493 e. The number of halogens is 1. The lowest BCUT2D eigenvalue weighted by Crippen LogP contribution is -2.22. The van der Waals surface area contributed by atoms with E-state index >= 15 is 0 Å². The largest absolute Gasteiger partial charge is 0.493 e. The Hall–Kier alpha value is -3.51. The van der Waals surface area contributed by atoms with Crippen LogP contribution >= 0.6 is 33.9 Å². The van der Waals surface area contributed by atoms with Gasteiger partial charge >= 0.3 is 0 Å². The molecule has 0 unspecified atom stereocenters. The van der Waals surface area contributed by atoms with Crippen LogP contribution in [0.2, 0.25) is 0 Å². The average molecular weight is 613 g/mol. The van der Waals surface area contributed by atoms with E-state index in [0.717, 1.165) is 31.3 Å². The summed E-state index contributed by atoms with van der Waals surface area (Å²) < 4.78 is 14.6. The number of nitrogens with zero attached hydrogens (tertiary/aromatic N) is 3. The molecule has 0 atom stereocenters. The molecule has 36 heavy (non-hydrogen) atoms. The van der Waals surface area contributed by atoms with Crippen LogP contribution in [-0.4, -0.2) is 21.4 Å². The lowest BCUT2D eigenvalue weighted by Gasteiger charge is -2.13. The normalized spacial score (nSPS) is 11.9. The highest BCUT2D eigenvalue weighted by Crippen LogP contribution is 2.35. The average Bonchev–Trinajstić information content (AvgIpc) is 3.33. The molecule has 182 valence electrons. The van der Waals surface area contributed by atoms with Gasteiger partial charge in [-0.3, -0.25) is 14.9 Å². The molecule has 0 fully saturated rings. The Morgan fingerprint density at radius 1 is 1.17 bits per heavy atom. The molecule has 0 aliphatic heterocycles. The zero-order valence-corrected chi connectivity index (χ0v) is 22.5. The fourth-order valence-corrected chi connectivity index (χ4v) is 5.72. The van der Waals surface area contributed by atoms with E-state index in [-0.39, 0.29) is 17.9 Å². The van der Waals surface area contributed by atoms with Crippen LogP contribution in [0.25, 0.3) is 22.1 Å². The molecular weight excluding hydrogens is 593 g/mol. The smallest absolute Gasteiger partial charge is 0.274 e. The summed E-state index contributed by atoms with van der Waals surface area (Å²) in [4.78, 5) is 29.2. The summed E-state index contributed by atoms with van der Waals surface area (Å²) in [7, 11) is 1.55. The summed E-state index contributed by atoms with van der Waals surface area (Å²) >= 11 is 3.50. The molecule has 8 nitrogen and oxygen atoms in total. The third kappa shape index (κ3) is 4.42. The molecule has 5 rings (SSSR count). The van der Waals surface area contributed by atoms with Crippen molar-refractivity contribution in [1.82, 2.24) is 9.38 Å². The van der Waals surface area contributed by atoms with Gasteiger partial charge in [-0.15, -0.1) is 0 Å². The van der Waals surface area contributed by atoms with Crippen molar-refractivity contribution in [2.24, 2.45) is 0 Å². The number of imidazole rings is 1. The Morgan fingerprint density at radius 2 is 1.94 bits per heavy atom. The van der Waals surface area contributed by atoms with Crippen molar-refractivity contribution < 1.29 is 14.4 Å². The van der Waals surface area contributed by atoms with E-state index in [9.17, 15) is 14.9 Å². The van der Waals surface area contributed by atoms with Crippen molar-refractivity contribution in [2.45, 2.75) is 20.5 Å². The number of nitro groups is 1. The van der Waals surface area contributed by atoms with E-state index in [2.05, 4.69) is 27.6 Å². The van der Waals surface area contributed by atoms with Crippen molar-refractivity contribution >= 4 is 61.7 Å². The Morgan fingerprint density at radius 3 is 2.69 bits per heavy atom. The molecule has 0 aliphatic carbocycles. The summed E-state index contributed by atoms with van der Waals surface area (Å²) in [6.07, 6.45) is 1.82. The lowest BCUT2D eigenvalue weighted by molar-refractivity contribution is -0.384. The molecule has 0 amide bonds. The maximum absolute atomic E-state index is 13.2. The first-order chi connectivity index (χ1) is 17.2. The van der Waals surface area contributed by atoms with Crippen LogP contribution in [0, 0.1) is 27.5 Å². The van der Waals surface area contributed by atoms with Crippen LogP contribution in [0.5, 0.6) is 11.5 Å². The first kappa shape index (κ1) is 24.2. The molecule has 0 saturated heterocycles. The van der Waals surface area contributed by atoms with Gasteiger partial charge in [-0.25, -0.2) is 9.38 Å². The number of benzene rings is 3. The number of non-ortho nitro benzene ring substituents is 1. The molecule has 3 aromatic carbocycles. The number of thiazole rings is 1. The van der Waals surface area contributed by atoms with Crippen LogP contribution in [0.1, 0.15) is 22.3 Å². The fraction of sp³-hybridized carbons (Fsp3) is 0.154. The van der Waals surface area contributed by atoms with Crippen molar-refractivity contribution in [3.8, 4) is 11.5 Å². The highest BCUT2D eigenvalue weighted by atomic mass is 127. The van der Waals surface area contributed by atoms with Crippen LogP contribution in [0.15, 0.2) is 53.3 Å². The molecule has 0 saturated carbocycles. The van der Waals surface area contributed by atoms with Gasteiger partial charge in [0.15, 0.2) is 16.5 Å². The molecule has 0 bridgehead atoms. The van der Waals surface area contributed by atoms with Gasteiger partial charge in [0.25, 0.3) is 11.2 Å². The lowest BCUT2D eigenvalue weighted by atomic mass is 10.1. The summed E-state index contributed by atoms with van der Waals surface area (Å²) in [5.41, 5.74) is 5.24. The number of hydrogen-bond acceptors (Lipinski definition) is 7. The highest BCUT2D eigenvalue weighted by molar-refractivity contribution is 14.1. The molecule has 2 heterocycles. The molecule has 10 heteroatoms. The highest BCUT2D eigenvalue weighted by Gasteiger charge is 2.15. The molecule has 0 N–H and O–H groups in total. The number of nitro benzene ring substituents is 1. The number of hydrogen-bond donors (Lipinski definition) is 0. The van der Waals surface area contributed by atoms with E-state index < -0.39 is 4.92 Å². The molecular formula is C26H20IN3O5S. The maximum atomic E-state index is 13.2. The predicted molar refractivity (Wildman–Crippen MR) is 148 cm³/mol. The summed E-state index contributed by atoms with van der Waals surface area (Å²) in [5.74, 6) is 1.03. The van der Waals surface area contributed by atoms with Gasteiger partial charge < -0.3 is 9.47 Å². The van der Waals surface area contributed by atoms with E-state index in [4.69, 9.17) is 9.47 Å². The second-order valence-corrected chi connectivity index (χ2v) is 10.5. The van der Waals surface area contributed by atoms with Crippen LogP contribution in [0.4, 0.5) is 5.69 Å². The minimum absolute atomic E-state index is 0.0106. The van der Waals surface area contributed by atoms with E-state index in [0.29, 0.717) is 26.6 Å². The van der Waals surface area contributed by atoms with Gasteiger partial charge in [0, 0.05) is 12.1 Å². The predicted octanol–water partition coefficient (Wildman–Crippen LogP) is 5.17. The number of methoxy groups -OCH3 is 1. The minimum atomic E-state index is -0.435. The van der Waals surface area contributed by atoms with Crippen molar-refractivity contribution in [2.75, 3.05) is 7.11 Å². The fourth-order valence-electron chi connectivity index (χ4n) is 3.95. The third-order valence-corrected chi connectivity index (χ3v) is 7.68. The topological polar surface area (TPSA) is 96.0 Å². The number of rotatable bonds is 6. The van der Waals surface area contributed by atoms with Gasteiger partial charge in [-0.05, 0) is 89.0 Å². The van der Waals surface area contributed by atoms with Crippen LogP contribution < -0.4 is 19.6 Å². The molecule has 0 spiro atoms. The number of ether oxygens (including phenoxy) is 2. The zero-order valence-electron chi connectivity index (χ0n) is 19.6. The van der Waals surface area contributed by atoms with Crippen molar-refractivity contribution in [1.29, 1.82) is 0 Å². The maximum Gasteiger partial charge on any atom is 0.274 e. The van der Waals surface area contributed by atoms with E-state index in [1.54, 1.807) is 29.7 Å². The summed E-state index contributed by atoms with van der Waals surface area (Å²) in [6.45, 7) is 4.20. The third-order valence-electron chi connectivity index (χ3n) is 5.91. The molecule has 5 aromatic rings. The summed E-state index contributed by atoms with van der Waals surface area (Å²) in [5, 5.41) is 11.0.